The van der Waals surface area contributed by atoms with Crippen LogP contribution in [0.5, 0.6) is 0 Å². The smallest absolute Gasteiger partial charge is 0.302 e. The van der Waals surface area contributed by atoms with Gasteiger partial charge in [0.1, 0.15) is 0 Å². The number of aromatic amines is 1. The molecule has 0 spiro atoms. The van der Waals surface area contributed by atoms with Crippen LogP contribution in [0.4, 0.5) is 13.2 Å². The lowest BCUT2D eigenvalue weighted by molar-refractivity contribution is -0.137. The minimum Gasteiger partial charge on any atom is -0.302 e. The van der Waals surface area contributed by atoms with Crippen LogP contribution in [0.3, 0.4) is 0 Å². The standard InChI is InChI=1S/C14H16F3N3/c1-9(19-10(2)13-7-8-18-20-13)11-3-5-12(6-4-11)14(15,16)17/h3-10,19H,1-2H3,(H,18,20). The summed E-state index contributed by atoms with van der Waals surface area (Å²) >= 11 is 0. The van der Waals surface area contributed by atoms with E-state index in [1.165, 1.54) is 12.1 Å². The third kappa shape index (κ3) is 3.39. The molecule has 6 heteroatoms. The largest absolute Gasteiger partial charge is 0.416 e. The van der Waals surface area contributed by atoms with Crippen molar-refractivity contribution in [1.29, 1.82) is 0 Å². The number of aromatic nitrogens is 2. The summed E-state index contributed by atoms with van der Waals surface area (Å²) in [5.74, 6) is 0. The average Bonchev–Trinajstić information content (AvgIpc) is 2.91. The van der Waals surface area contributed by atoms with Crippen LogP contribution in [0, 0.1) is 0 Å². The van der Waals surface area contributed by atoms with Crippen molar-refractivity contribution in [2.24, 2.45) is 0 Å². The van der Waals surface area contributed by atoms with E-state index in [0.717, 1.165) is 23.4 Å². The monoisotopic (exact) mass is 283 g/mol. The van der Waals surface area contributed by atoms with Gasteiger partial charge in [0.25, 0.3) is 0 Å². The fourth-order valence-electron chi connectivity index (χ4n) is 2.03. The molecule has 0 radical (unpaired) electrons. The van der Waals surface area contributed by atoms with Gasteiger partial charge in [-0.3, -0.25) is 5.10 Å². The highest BCUT2D eigenvalue weighted by Gasteiger charge is 2.30. The van der Waals surface area contributed by atoms with Crippen LogP contribution in [-0.4, -0.2) is 10.2 Å². The lowest BCUT2D eigenvalue weighted by atomic mass is 10.0. The second kappa shape index (κ2) is 5.66. The molecule has 1 aromatic heterocycles. The molecule has 0 saturated heterocycles. The minimum absolute atomic E-state index is 0.0368. The predicted octanol–water partition coefficient (Wildman–Crippen LogP) is 3.84. The maximum Gasteiger partial charge on any atom is 0.416 e. The number of hydrogen-bond donors (Lipinski definition) is 2. The van der Waals surface area contributed by atoms with Gasteiger partial charge in [0.15, 0.2) is 0 Å². The van der Waals surface area contributed by atoms with Crippen molar-refractivity contribution in [2.75, 3.05) is 0 Å². The summed E-state index contributed by atoms with van der Waals surface area (Å²) in [6, 6.07) is 7.05. The summed E-state index contributed by atoms with van der Waals surface area (Å²) in [6.45, 7) is 3.88. The van der Waals surface area contributed by atoms with Gasteiger partial charge in [-0.2, -0.15) is 18.3 Å². The molecule has 3 nitrogen and oxygen atoms in total. The number of nitrogens with one attached hydrogen (secondary N) is 2. The molecule has 108 valence electrons. The SMILES string of the molecule is CC(NC(C)c1ccn[nH]1)c1ccc(C(F)(F)F)cc1. The fourth-order valence-corrected chi connectivity index (χ4v) is 2.03. The first-order valence-corrected chi connectivity index (χ1v) is 6.30. The molecule has 1 heterocycles. The van der Waals surface area contributed by atoms with Gasteiger partial charge in [0.2, 0.25) is 0 Å². The van der Waals surface area contributed by atoms with E-state index in [1.807, 2.05) is 19.9 Å². The van der Waals surface area contributed by atoms with Crippen molar-refractivity contribution >= 4 is 0 Å². The summed E-state index contributed by atoms with van der Waals surface area (Å²) < 4.78 is 37.5. The topological polar surface area (TPSA) is 40.7 Å². The van der Waals surface area contributed by atoms with E-state index in [2.05, 4.69) is 15.5 Å². The van der Waals surface area contributed by atoms with Gasteiger partial charge >= 0.3 is 6.18 Å². The Morgan fingerprint density at radius 2 is 1.70 bits per heavy atom. The summed E-state index contributed by atoms with van der Waals surface area (Å²) in [5, 5.41) is 10.0. The fraction of sp³-hybridized carbons (Fsp3) is 0.357. The zero-order valence-electron chi connectivity index (χ0n) is 11.2. The van der Waals surface area contributed by atoms with Crippen LogP contribution in [0.1, 0.15) is 42.8 Å². The van der Waals surface area contributed by atoms with Gasteiger partial charge in [0.05, 0.1) is 11.3 Å². The number of nitrogens with zero attached hydrogens (tertiary/aromatic N) is 1. The number of rotatable bonds is 4. The zero-order valence-corrected chi connectivity index (χ0v) is 11.2. The van der Waals surface area contributed by atoms with Crippen LogP contribution >= 0.6 is 0 Å². The van der Waals surface area contributed by atoms with Gasteiger partial charge in [-0.1, -0.05) is 12.1 Å². The molecule has 0 aliphatic heterocycles. The Morgan fingerprint density at radius 3 is 2.20 bits per heavy atom. The summed E-state index contributed by atoms with van der Waals surface area (Å²) in [7, 11) is 0. The van der Waals surface area contributed by atoms with E-state index in [4.69, 9.17) is 0 Å². The van der Waals surface area contributed by atoms with Crippen molar-refractivity contribution in [3.8, 4) is 0 Å². The molecule has 2 aromatic rings. The molecule has 0 aliphatic rings. The molecule has 2 N–H and O–H groups in total. The Bertz CT molecular complexity index is 532. The maximum absolute atomic E-state index is 12.5. The first-order chi connectivity index (χ1) is 9.38. The van der Waals surface area contributed by atoms with Crippen molar-refractivity contribution in [1.82, 2.24) is 15.5 Å². The molecule has 20 heavy (non-hydrogen) atoms. The first-order valence-electron chi connectivity index (χ1n) is 6.30. The van der Waals surface area contributed by atoms with E-state index in [-0.39, 0.29) is 12.1 Å². The highest BCUT2D eigenvalue weighted by Crippen LogP contribution is 2.30. The number of benzene rings is 1. The van der Waals surface area contributed by atoms with Gasteiger partial charge < -0.3 is 5.32 Å². The van der Waals surface area contributed by atoms with Crippen molar-refractivity contribution in [2.45, 2.75) is 32.1 Å². The first kappa shape index (κ1) is 14.6. The highest BCUT2D eigenvalue weighted by atomic mass is 19.4. The van der Waals surface area contributed by atoms with Crippen LogP contribution in [-0.2, 0) is 6.18 Å². The predicted molar refractivity (Wildman–Crippen MR) is 70.0 cm³/mol. The second-order valence-corrected chi connectivity index (χ2v) is 4.74. The van der Waals surface area contributed by atoms with Gasteiger partial charge in [-0.15, -0.1) is 0 Å². The van der Waals surface area contributed by atoms with E-state index in [0.29, 0.717) is 0 Å². The van der Waals surface area contributed by atoms with Crippen LogP contribution in [0.25, 0.3) is 0 Å². The molecule has 0 saturated carbocycles. The third-order valence-electron chi connectivity index (χ3n) is 3.23. The molecule has 0 aliphatic carbocycles. The molecule has 2 unspecified atom stereocenters. The Hall–Kier alpha value is -1.82. The number of hydrogen-bond acceptors (Lipinski definition) is 2. The molecule has 0 bridgehead atoms. The molecule has 1 aromatic carbocycles. The Morgan fingerprint density at radius 1 is 1.05 bits per heavy atom. The number of alkyl halides is 3. The molecular formula is C14H16F3N3. The lowest BCUT2D eigenvalue weighted by Gasteiger charge is -2.20. The Kier molecular flexibility index (Phi) is 4.13. The van der Waals surface area contributed by atoms with Crippen molar-refractivity contribution < 1.29 is 13.2 Å². The lowest BCUT2D eigenvalue weighted by Crippen LogP contribution is -2.22. The van der Waals surface area contributed by atoms with Crippen LogP contribution in [0.15, 0.2) is 36.5 Å². The average molecular weight is 283 g/mol. The van der Waals surface area contributed by atoms with E-state index in [1.54, 1.807) is 6.20 Å². The normalized spacial score (nSPS) is 15.1. The maximum atomic E-state index is 12.5. The van der Waals surface area contributed by atoms with Crippen molar-refractivity contribution in [3.63, 3.8) is 0 Å². The van der Waals surface area contributed by atoms with Crippen LogP contribution in [0.2, 0.25) is 0 Å². The second-order valence-electron chi connectivity index (χ2n) is 4.74. The summed E-state index contributed by atoms with van der Waals surface area (Å²) in [5.41, 5.74) is 1.11. The van der Waals surface area contributed by atoms with Gasteiger partial charge in [0, 0.05) is 18.3 Å². The number of halogens is 3. The van der Waals surface area contributed by atoms with E-state index >= 15 is 0 Å². The summed E-state index contributed by atoms with van der Waals surface area (Å²) in [6.07, 6.45) is -2.63. The van der Waals surface area contributed by atoms with Gasteiger partial charge in [-0.05, 0) is 37.6 Å². The van der Waals surface area contributed by atoms with Crippen LogP contribution < -0.4 is 5.32 Å². The van der Waals surface area contributed by atoms with E-state index in [9.17, 15) is 13.2 Å². The van der Waals surface area contributed by atoms with Gasteiger partial charge in [-0.25, -0.2) is 0 Å². The highest BCUT2D eigenvalue weighted by molar-refractivity contribution is 5.26. The number of H-pyrrole nitrogens is 1. The quantitative estimate of drug-likeness (QED) is 0.895. The minimum atomic E-state index is -4.29. The molecule has 0 amide bonds. The third-order valence-corrected chi connectivity index (χ3v) is 3.23. The van der Waals surface area contributed by atoms with Crippen molar-refractivity contribution in [3.05, 3.63) is 53.3 Å². The molecule has 0 fully saturated rings. The van der Waals surface area contributed by atoms with E-state index < -0.39 is 11.7 Å². The molecule has 2 atom stereocenters. The summed E-state index contributed by atoms with van der Waals surface area (Å²) in [4.78, 5) is 0. The Labute approximate surface area is 115 Å². The molecule has 2 rings (SSSR count). The Balaban J connectivity index is 2.04. The zero-order chi connectivity index (χ0) is 14.8. The molecular weight excluding hydrogens is 267 g/mol.